The summed E-state index contributed by atoms with van der Waals surface area (Å²) < 4.78 is 17.0. The van der Waals surface area contributed by atoms with Crippen molar-refractivity contribution >= 4 is 90.4 Å². The molecule has 0 fully saturated rings. The van der Waals surface area contributed by atoms with Crippen LogP contribution in [0.4, 0.5) is 0 Å². The first kappa shape index (κ1) is 36.2. The third-order valence-electron chi connectivity index (χ3n) is 7.07. The second kappa shape index (κ2) is 22.5. The van der Waals surface area contributed by atoms with Gasteiger partial charge in [-0.1, -0.05) is 96.3 Å². The summed E-state index contributed by atoms with van der Waals surface area (Å²) in [5.41, 5.74) is 2.61. The topological polar surface area (TPSA) is 18.5 Å². The minimum Gasteiger partial charge on any atom is -0.491 e. The molecule has 0 bridgehead atoms. The Labute approximate surface area is 293 Å². The molecule has 0 radical (unpaired) electrons. The van der Waals surface area contributed by atoms with Gasteiger partial charge < -0.3 is 9.47 Å². The summed E-state index contributed by atoms with van der Waals surface area (Å²) in [5, 5.41) is 0. The highest BCUT2D eigenvalue weighted by atomic mass is 127. The van der Waals surface area contributed by atoms with Crippen LogP contribution in [0.5, 0.6) is 11.5 Å². The third-order valence-corrected chi connectivity index (χ3v) is 10.3. The molecule has 0 saturated carbocycles. The van der Waals surface area contributed by atoms with Crippen LogP contribution in [0.2, 0.25) is 0 Å². The van der Waals surface area contributed by atoms with Crippen molar-refractivity contribution in [1.82, 2.24) is 0 Å². The maximum atomic E-state index is 6.06. The summed E-state index contributed by atoms with van der Waals surface area (Å²) in [7, 11) is 0. The average molecular weight is 984 g/mol. The molecule has 0 atom stereocenters. The second-order valence-corrected chi connectivity index (χ2v) is 15.5. The fourth-order valence-electron chi connectivity index (χ4n) is 4.85. The van der Waals surface area contributed by atoms with Crippen LogP contribution >= 0.6 is 90.4 Å². The van der Waals surface area contributed by atoms with E-state index in [0.717, 1.165) is 24.7 Å². The summed E-state index contributed by atoms with van der Waals surface area (Å²) in [5.74, 6) is 2.14. The Morgan fingerprint density at radius 2 is 0.590 bits per heavy atom. The first-order chi connectivity index (χ1) is 18.9. The van der Waals surface area contributed by atoms with E-state index < -0.39 is 0 Å². The number of unbranched alkanes of at least 4 members (excludes halogenated alkanes) is 16. The highest BCUT2D eigenvalue weighted by molar-refractivity contribution is 14.1. The van der Waals surface area contributed by atoms with Crippen LogP contribution in [0.25, 0.3) is 0 Å². The van der Waals surface area contributed by atoms with E-state index in [0.29, 0.717) is 0 Å². The second-order valence-electron chi connectivity index (χ2n) is 10.8. The monoisotopic (exact) mass is 984 g/mol. The van der Waals surface area contributed by atoms with Crippen molar-refractivity contribution < 1.29 is 9.47 Å². The Balaban J connectivity index is 1.28. The Bertz CT molecular complexity index is 826. The summed E-state index contributed by atoms with van der Waals surface area (Å²) >= 11 is 9.55. The van der Waals surface area contributed by atoms with Gasteiger partial charge in [-0.2, -0.15) is 0 Å². The molecule has 0 amide bonds. The molecule has 0 spiro atoms. The Hall–Kier alpha value is 0.960. The highest BCUT2D eigenvalue weighted by Crippen LogP contribution is 2.30. The van der Waals surface area contributed by atoms with Crippen molar-refractivity contribution in [1.29, 1.82) is 0 Å². The van der Waals surface area contributed by atoms with Gasteiger partial charge >= 0.3 is 0 Å². The fourth-order valence-corrected chi connectivity index (χ4v) is 9.64. The van der Waals surface area contributed by atoms with Gasteiger partial charge in [-0.25, -0.2) is 0 Å². The molecule has 6 heteroatoms. The lowest BCUT2D eigenvalue weighted by atomic mass is 10.0. The summed E-state index contributed by atoms with van der Waals surface area (Å²) in [6.07, 6.45) is 23.2. The predicted octanol–water partition coefficient (Wildman–Crippen LogP) is 12.8. The van der Waals surface area contributed by atoms with Crippen molar-refractivity contribution in [2.45, 2.75) is 123 Å². The van der Waals surface area contributed by atoms with E-state index in [2.05, 4.69) is 128 Å². The van der Waals surface area contributed by atoms with E-state index in [1.165, 1.54) is 135 Å². The molecule has 2 nitrogen and oxygen atoms in total. The molecular formula is C33H48I4O2. The maximum Gasteiger partial charge on any atom is 0.145 e. The first-order valence-electron chi connectivity index (χ1n) is 15.1. The molecular weight excluding hydrogens is 936 g/mol. The largest absolute Gasteiger partial charge is 0.491 e. The minimum absolute atomic E-state index is 0.845. The molecule has 2 aromatic carbocycles. The number of hydrogen-bond acceptors (Lipinski definition) is 2. The fraction of sp³-hybridized carbons (Fsp3) is 0.636. The van der Waals surface area contributed by atoms with E-state index in [1.807, 2.05) is 0 Å². The van der Waals surface area contributed by atoms with Crippen LogP contribution in [0.3, 0.4) is 0 Å². The minimum atomic E-state index is 0.845. The number of hydrogen-bond donors (Lipinski definition) is 0. The lowest BCUT2D eigenvalue weighted by Gasteiger charge is -2.11. The van der Waals surface area contributed by atoms with Crippen LogP contribution in [-0.4, -0.2) is 13.2 Å². The Kier molecular flexibility index (Phi) is 20.8. The van der Waals surface area contributed by atoms with Gasteiger partial charge in [-0.3, -0.25) is 0 Å². The van der Waals surface area contributed by atoms with Crippen molar-refractivity contribution in [2.24, 2.45) is 0 Å². The van der Waals surface area contributed by atoms with Gasteiger partial charge in [0, 0.05) is 0 Å². The van der Waals surface area contributed by atoms with Gasteiger partial charge in [0.1, 0.15) is 11.5 Å². The first-order valence-corrected chi connectivity index (χ1v) is 19.4. The smallest absolute Gasteiger partial charge is 0.145 e. The summed E-state index contributed by atoms with van der Waals surface area (Å²) in [6, 6.07) is 8.80. The normalized spacial score (nSPS) is 11.2. The lowest BCUT2D eigenvalue weighted by Crippen LogP contribution is -2.01. The molecule has 2 aromatic rings. The Morgan fingerprint density at radius 1 is 0.385 bits per heavy atom. The van der Waals surface area contributed by atoms with Crippen LogP contribution in [-0.2, 0) is 0 Å². The van der Waals surface area contributed by atoms with E-state index in [9.17, 15) is 0 Å². The number of ether oxygens (including phenoxy) is 2. The average Bonchev–Trinajstić information content (AvgIpc) is 2.87. The van der Waals surface area contributed by atoms with Crippen LogP contribution < -0.4 is 9.47 Å². The van der Waals surface area contributed by atoms with Gasteiger partial charge in [-0.05, 0) is 152 Å². The molecule has 0 saturated heterocycles. The molecule has 39 heavy (non-hydrogen) atoms. The lowest BCUT2D eigenvalue weighted by molar-refractivity contribution is 0.300. The predicted molar refractivity (Wildman–Crippen MR) is 203 cm³/mol. The standard InChI is InChI=1S/C33H48I4O2/c1-26-22-28(34)32(29(35)23-26)38-20-18-16-14-12-10-8-6-4-3-5-7-9-11-13-15-17-19-21-39-33-30(36)24-27(2)25-31(33)37/h22-25H,3-21H2,1-2H3. The van der Waals surface area contributed by atoms with Gasteiger partial charge in [0.15, 0.2) is 0 Å². The van der Waals surface area contributed by atoms with Crippen molar-refractivity contribution in [3.05, 3.63) is 49.7 Å². The molecule has 0 aromatic heterocycles. The SMILES string of the molecule is Cc1cc(I)c(OCCCCCCCCCCCCCCCCCCCOc2c(I)cc(C)cc2I)c(I)c1. The van der Waals surface area contributed by atoms with Gasteiger partial charge in [-0.15, -0.1) is 0 Å². The summed E-state index contributed by atoms with van der Waals surface area (Å²) in [6.45, 7) is 5.98. The van der Waals surface area contributed by atoms with E-state index in [1.54, 1.807) is 0 Å². The molecule has 0 unspecified atom stereocenters. The van der Waals surface area contributed by atoms with E-state index in [4.69, 9.17) is 9.47 Å². The van der Waals surface area contributed by atoms with Gasteiger partial charge in [0.2, 0.25) is 0 Å². The molecule has 0 N–H and O–H groups in total. The maximum absolute atomic E-state index is 6.06. The van der Waals surface area contributed by atoms with Crippen LogP contribution in [0.15, 0.2) is 24.3 Å². The number of benzene rings is 2. The zero-order chi connectivity index (χ0) is 28.3. The van der Waals surface area contributed by atoms with Gasteiger partial charge in [0.25, 0.3) is 0 Å². The van der Waals surface area contributed by atoms with Gasteiger partial charge in [0.05, 0.1) is 27.5 Å². The molecule has 0 aliphatic rings. The van der Waals surface area contributed by atoms with E-state index in [-0.39, 0.29) is 0 Å². The number of rotatable bonds is 22. The van der Waals surface area contributed by atoms with Crippen molar-refractivity contribution in [3.63, 3.8) is 0 Å². The van der Waals surface area contributed by atoms with Crippen molar-refractivity contribution in [2.75, 3.05) is 13.2 Å². The Morgan fingerprint density at radius 3 is 0.821 bits per heavy atom. The quantitative estimate of drug-likeness (QED) is 0.0865. The van der Waals surface area contributed by atoms with Crippen LogP contribution in [0.1, 0.15) is 120 Å². The molecule has 2 rings (SSSR count). The number of halogens is 4. The van der Waals surface area contributed by atoms with Crippen molar-refractivity contribution in [3.8, 4) is 11.5 Å². The summed E-state index contributed by atoms with van der Waals surface area (Å²) in [4.78, 5) is 0. The zero-order valence-corrected chi connectivity index (χ0v) is 32.7. The van der Waals surface area contributed by atoms with E-state index >= 15 is 0 Å². The molecule has 220 valence electrons. The molecule has 0 aliphatic carbocycles. The molecule has 0 aliphatic heterocycles. The zero-order valence-electron chi connectivity index (χ0n) is 24.1. The highest BCUT2D eigenvalue weighted by Gasteiger charge is 2.08. The third kappa shape index (κ3) is 16.4. The molecule has 0 heterocycles. The number of aryl methyl sites for hydroxylation is 2. The van der Waals surface area contributed by atoms with Crippen LogP contribution in [0, 0.1) is 28.1 Å².